The second-order valence-electron chi connectivity index (χ2n) is 4.01. The van der Waals surface area contributed by atoms with E-state index in [1.165, 1.54) is 0 Å². The summed E-state index contributed by atoms with van der Waals surface area (Å²) in [6.07, 6.45) is 0.850. The maximum atomic E-state index is 11.4. The average Bonchev–Trinajstić information content (AvgIpc) is 2.40. The van der Waals surface area contributed by atoms with Gasteiger partial charge in [-0.2, -0.15) is 0 Å². The fourth-order valence-electron chi connectivity index (χ4n) is 1.35. The van der Waals surface area contributed by atoms with Crippen LogP contribution < -0.4 is 0 Å². The summed E-state index contributed by atoms with van der Waals surface area (Å²) in [5, 5.41) is 0.594. The molecule has 0 saturated carbocycles. The van der Waals surface area contributed by atoms with Crippen molar-refractivity contribution in [2.24, 2.45) is 0 Å². The van der Waals surface area contributed by atoms with Crippen molar-refractivity contribution in [3.63, 3.8) is 0 Å². The van der Waals surface area contributed by atoms with Gasteiger partial charge in [0.05, 0.1) is 19.4 Å². The maximum absolute atomic E-state index is 11.4. The Labute approximate surface area is 117 Å². The molecule has 0 aliphatic carbocycles. The molecule has 0 aliphatic heterocycles. The molecule has 0 aliphatic rings. The summed E-state index contributed by atoms with van der Waals surface area (Å²) < 4.78 is 9.89. The molecule has 1 rings (SSSR count). The highest BCUT2D eigenvalue weighted by Crippen LogP contribution is 2.11. The van der Waals surface area contributed by atoms with Crippen molar-refractivity contribution in [3.05, 3.63) is 34.9 Å². The molecule has 104 valence electrons. The Morgan fingerprint density at radius 1 is 1.16 bits per heavy atom. The molecular weight excluding hydrogens is 268 g/mol. The standard InChI is InChI=1S/C14H17ClO4/c1-2-8-18-13(16)6-7-14(17)19-10-11-4-3-5-12(15)9-11/h3-5,9H,2,6-8,10H2,1H3. The number of halogens is 1. The number of carbonyl (C=O) groups is 2. The van der Waals surface area contributed by atoms with E-state index in [4.69, 9.17) is 21.1 Å². The molecule has 19 heavy (non-hydrogen) atoms. The van der Waals surface area contributed by atoms with Gasteiger partial charge in [0.2, 0.25) is 0 Å². The summed E-state index contributed by atoms with van der Waals surface area (Å²) in [6, 6.07) is 7.07. The summed E-state index contributed by atoms with van der Waals surface area (Å²) in [4.78, 5) is 22.6. The predicted molar refractivity (Wildman–Crippen MR) is 71.7 cm³/mol. The van der Waals surface area contributed by atoms with E-state index in [2.05, 4.69) is 0 Å². The Morgan fingerprint density at radius 2 is 1.84 bits per heavy atom. The number of hydrogen-bond donors (Lipinski definition) is 0. The maximum Gasteiger partial charge on any atom is 0.306 e. The molecule has 0 fully saturated rings. The molecule has 0 heterocycles. The molecule has 0 saturated heterocycles. The molecule has 1 aromatic rings. The van der Waals surface area contributed by atoms with Crippen LogP contribution in [0.4, 0.5) is 0 Å². The van der Waals surface area contributed by atoms with Gasteiger partial charge in [-0.3, -0.25) is 9.59 Å². The van der Waals surface area contributed by atoms with Gasteiger partial charge >= 0.3 is 11.9 Å². The van der Waals surface area contributed by atoms with E-state index in [-0.39, 0.29) is 25.4 Å². The molecule has 4 nitrogen and oxygen atoms in total. The summed E-state index contributed by atoms with van der Waals surface area (Å²) in [5.41, 5.74) is 0.814. The van der Waals surface area contributed by atoms with E-state index >= 15 is 0 Å². The molecule has 0 spiro atoms. The van der Waals surface area contributed by atoms with E-state index < -0.39 is 5.97 Å². The van der Waals surface area contributed by atoms with Crippen molar-refractivity contribution in [3.8, 4) is 0 Å². The minimum absolute atomic E-state index is 0.0309. The number of hydrogen-bond acceptors (Lipinski definition) is 4. The van der Waals surface area contributed by atoms with Crippen LogP contribution in [0.2, 0.25) is 5.02 Å². The molecule has 0 unspecified atom stereocenters. The normalized spacial score (nSPS) is 10.0. The first-order valence-electron chi connectivity index (χ1n) is 6.17. The first kappa shape index (κ1) is 15.5. The van der Waals surface area contributed by atoms with Crippen LogP contribution in [-0.2, 0) is 25.7 Å². The lowest BCUT2D eigenvalue weighted by Gasteiger charge is -2.05. The minimum Gasteiger partial charge on any atom is -0.466 e. The van der Waals surface area contributed by atoms with Crippen molar-refractivity contribution < 1.29 is 19.1 Å². The van der Waals surface area contributed by atoms with E-state index in [1.54, 1.807) is 18.2 Å². The van der Waals surface area contributed by atoms with Crippen molar-refractivity contribution in [2.75, 3.05) is 6.61 Å². The van der Waals surface area contributed by atoms with E-state index in [9.17, 15) is 9.59 Å². The van der Waals surface area contributed by atoms with Crippen molar-refractivity contribution >= 4 is 23.5 Å². The van der Waals surface area contributed by atoms with Crippen LogP contribution in [0.25, 0.3) is 0 Å². The van der Waals surface area contributed by atoms with Crippen molar-refractivity contribution in [1.82, 2.24) is 0 Å². The molecule has 0 atom stereocenters. The van der Waals surface area contributed by atoms with Crippen LogP contribution in [0.1, 0.15) is 31.7 Å². The number of benzene rings is 1. The summed E-state index contributed by atoms with van der Waals surface area (Å²) >= 11 is 5.81. The zero-order valence-electron chi connectivity index (χ0n) is 10.9. The third kappa shape index (κ3) is 6.82. The highest BCUT2D eigenvalue weighted by molar-refractivity contribution is 6.30. The first-order chi connectivity index (χ1) is 9.11. The van der Waals surface area contributed by atoms with E-state index in [1.807, 2.05) is 13.0 Å². The summed E-state index contributed by atoms with van der Waals surface area (Å²) in [7, 11) is 0. The number of carbonyl (C=O) groups excluding carboxylic acids is 2. The average molecular weight is 285 g/mol. The zero-order valence-corrected chi connectivity index (χ0v) is 11.6. The molecule has 0 amide bonds. The van der Waals surface area contributed by atoms with Gasteiger partial charge in [0.15, 0.2) is 0 Å². The lowest BCUT2D eigenvalue weighted by Crippen LogP contribution is -2.10. The number of esters is 2. The van der Waals surface area contributed by atoms with Crippen LogP contribution >= 0.6 is 11.6 Å². The van der Waals surface area contributed by atoms with Crippen molar-refractivity contribution in [2.45, 2.75) is 32.8 Å². The van der Waals surface area contributed by atoms with Gasteiger partial charge in [-0.25, -0.2) is 0 Å². The molecule has 0 N–H and O–H groups in total. The highest BCUT2D eigenvalue weighted by atomic mass is 35.5. The van der Waals surface area contributed by atoms with Gasteiger partial charge < -0.3 is 9.47 Å². The minimum atomic E-state index is -0.423. The van der Waals surface area contributed by atoms with Crippen LogP contribution in [0, 0.1) is 0 Å². The Kier molecular flexibility index (Phi) is 6.97. The smallest absolute Gasteiger partial charge is 0.306 e. The molecule has 0 aromatic heterocycles. The monoisotopic (exact) mass is 284 g/mol. The number of rotatable bonds is 7. The quantitative estimate of drug-likeness (QED) is 0.722. The van der Waals surface area contributed by atoms with Crippen LogP contribution in [0.5, 0.6) is 0 Å². The predicted octanol–water partition coefficient (Wildman–Crippen LogP) is 3.12. The van der Waals surface area contributed by atoms with E-state index in [0.29, 0.717) is 11.6 Å². The van der Waals surface area contributed by atoms with Crippen LogP contribution in [-0.4, -0.2) is 18.5 Å². The first-order valence-corrected chi connectivity index (χ1v) is 6.55. The third-order valence-corrected chi connectivity index (χ3v) is 2.52. The van der Waals surface area contributed by atoms with Gasteiger partial charge in [0.1, 0.15) is 6.61 Å². The van der Waals surface area contributed by atoms with Crippen molar-refractivity contribution in [1.29, 1.82) is 0 Å². The van der Waals surface area contributed by atoms with Crippen LogP contribution in [0.15, 0.2) is 24.3 Å². The second kappa shape index (κ2) is 8.53. The largest absolute Gasteiger partial charge is 0.466 e. The van der Waals surface area contributed by atoms with Gasteiger partial charge in [0, 0.05) is 5.02 Å². The van der Waals surface area contributed by atoms with E-state index in [0.717, 1.165) is 12.0 Å². The molecule has 1 aromatic carbocycles. The second-order valence-corrected chi connectivity index (χ2v) is 4.45. The zero-order chi connectivity index (χ0) is 14.1. The Balaban J connectivity index is 2.23. The Morgan fingerprint density at radius 3 is 2.47 bits per heavy atom. The third-order valence-electron chi connectivity index (χ3n) is 2.29. The SMILES string of the molecule is CCCOC(=O)CCC(=O)OCc1cccc(Cl)c1. The summed E-state index contributed by atoms with van der Waals surface area (Å²) in [5.74, 6) is -0.796. The molecule has 5 heteroatoms. The Bertz CT molecular complexity index is 431. The molecule has 0 radical (unpaired) electrons. The number of ether oxygens (including phenoxy) is 2. The van der Waals surface area contributed by atoms with Gasteiger partial charge in [0.25, 0.3) is 0 Å². The van der Waals surface area contributed by atoms with Gasteiger partial charge in [-0.05, 0) is 24.1 Å². The lowest BCUT2D eigenvalue weighted by molar-refractivity contribution is -0.151. The van der Waals surface area contributed by atoms with Crippen LogP contribution in [0.3, 0.4) is 0 Å². The lowest BCUT2D eigenvalue weighted by atomic mass is 10.2. The van der Waals surface area contributed by atoms with Gasteiger partial charge in [-0.1, -0.05) is 30.7 Å². The molecule has 0 bridgehead atoms. The van der Waals surface area contributed by atoms with Gasteiger partial charge in [-0.15, -0.1) is 0 Å². The fourth-order valence-corrected chi connectivity index (χ4v) is 1.57. The summed E-state index contributed by atoms with van der Waals surface area (Å²) in [6.45, 7) is 2.45. The topological polar surface area (TPSA) is 52.6 Å². The highest BCUT2D eigenvalue weighted by Gasteiger charge is 2.09. The fraction of sp³-hybridized carbons (Fsp3) is 0.429. The molecular formula is C14H17ClO4. The Hall–Kier alpha value is -1.55.